The van der Waals surface area contributed by atoms with Crippen LogP contribution in [0.15, 0.2) is 0 Å². The molecule has 0 atom stereocenters. The Hall–Kier alpha value is -0.530. The lowest BCUT2D eigenvalue weighted by molar-refractivity contribution is -0.0442. The minimum absolute atomic E-state index is 0.00936. The molecule has 1 rings (SSSR count). The van der Waals surface area contributed by atoms with Crippen LogP contribution in [0.25, 0.3) is 0 Å². The molecule has 21 heavy (non-hydrogen) atoms. The van der Waals surface area contributed by atoms with Crippen LogP contribution in [0, 0.1) is 0 Å². The molecule has 1 aliphatic carbocycles. The molecule has 0 radical (unpaired) electrons. The normalized spacial score (nSPS) is 19.7. The third-order valence-corrected chi connectivity index (χ3v) is 6.00. The Labute approximate surface area is 118 Å². The summed E-state index contributed by atoms with van der Waals surface area (Å²) < 4.78 is 107. The van der Waals surface area contributed by atoms with Gasteiger partial charge in [-0.05, 0) is 12.8 Å². The quantitative estimate of drug-likeness (QED) is 0.568. The van der Waals surface area contributed by atoms with Crippen LogP contribution in [0.2, 0.25) is 0 Å². The van der Waals surface area contributed by atoms with E-state index in [4.69, 9.17) is 0 Å². The topological polar surface area (TPSA) is 92.3 Å². The Kier molecular flexibility index (Phi) is 5.23. The van der Waals surface area contributed by atoms with E-state index in [-0.39, 0.29) is 17.0 Å². The molecule has 0 aromatic rings. The van der Waals surface area contributed by atoms with Crippen molar-refractivity contribution in [2.45, 2.75) is 49.0 Å². The highest BCUT2D eigenvalue weighted by Crippen LogP contribution is 2.27. The van der Waals surface area contributed by atoms with Gasteiger partial charge >= 0.3 is 30.9 Å². The number of halogens is 5. The number of sulfonamides is 2. The molecule has 0 amide bonds. The highest BCUT2D eigenvalue weighted by Gasteiger charge is 2.55. The van der Waals surface area contributed by atoms with E-state index in [0.29, 0.717) is 12.8 Å². The summed E-state index contributed by atoms with van der Waals surface area (Å²) in [7, 11) is -12.5. The second-order valence-electron chi connectivity index (χ2n) is 4.53. The van der Waals surface area contributed by atoms with E-state index >= 15 is 0 Å². The van der Waals surface area contributed by atoms with Crippen LogP contribution in [-0.2, 0) is 20.0 Å². The first kappa shape index (κ1) is 18.5. The summed E-state index contributed by atoms with van der Waals surface area (Å²) in [5.74, 6) is 0. The predicted octanol–water partition coefficient (Wildman–Crippen LogP) is 1.23. The van der Waals surface area contributed by atoms with E-state index in [1.807, 2.05) is 0 Å². The SMILES string of the molecule is O=S(=O)(NS(=O)(=O)C(F)(F)NC1CCCCC1)C(F)(F)F. The minimum Gasteiger partial charge on any atom is -0.240 e. The maximum absolute atomic E-state index is 13.5. The molecule has 0 unspecified atom stereocenters. The fourth-order valence-corrected chi connectivity index (χ4v) is 4.08. The Balaban J connectivity index is 2.89. The zero-order chi connectivity index (χ0) is 16.5. The largest absolute Gasteiger partial charge is 0.512 e. The van der Waals surface area contributed by atoms with Crippen molar-refractivity contribution in [1.82, 2.24) is 9.44 Å². The van der Waals surface area contributed by atoms with Crippen LogP contribution in [0.4, 0.5) is 22.0 Å². The second-order valence-corrected chi connectivity index (χ2v) is 8.19. The van der Waals surface area contributed by atoms with Gasteiger partial charge in [-0.2, -0.15) is 22.0 Å². The lowest BCUT2D eigenvalue weighted by Crippen LogP contribution is -2.56. The van der Waals surface area contributed by atoms with Gasteiger partial charge in [-0.25, -0.2) is 22.2 Å². The molecule has 13 heteroatoms. The van der Waals surface area contributed by atoms with Crippen molar-refractivity contribution in [1.29, 1.82) is 0 Å². The van der Waals surface area contributed by atoms with Gasteiger partial charge in [-0.15, -0.1) is 0 Å². The van der Waals surface area contributed by atoms with Crippen molar-refractivity contribution in [3.8, 4) is 0 Å². The summed E-state index contributed by atoms with van der Waals surface area (Å²) in [6, 6.07) is -0.918. The molecule has 0 spiro atoms. The molecule has 0 aliphatic heterocycles. The smallest absolute Gasteiger partial charge is 0.240 e. The van der Waals surface area contributed by atoms with Gasteiger partial charge in [0, 0.05) is 6.04 Å². The van der Waals surface area contributed by atoms with Crippen LogP contribution < -0.4 is 9.44 Å². The van der Waals surface area contributed by atoms with Gasteiger partial charge in [0.05, 0.1) is 0 Å². The third-order valence-electron chi connectivity index (χ3n) is 2.84. The molecular formula is C8H13F5N2O4S2. The maximum Gasteiger partial charge on any atom is 0.512 e. The van der Waals surface area contributed by atoms with Crippen LogP contribution >= 0.6 is 0 Å². The minimum atomic E-state index is -6.44. The number of rotatable bonds is 5. The van der Waals surface area contributed by atoms with Crippen LogP contribution in [0.1, 0.15) is 32.1 Å². The van der Waals surface area contributed by atoms with E-state index in [1.165, 1.54) is 5.32 Å². The Morgan fingerprint density at radius 3 is 1.71 bits per heavy atom. The average Bonchev–Trinajstić information content (AvgIpc) is 2.26. The highest BCUT2D eigenvalue weighted by atomic mass is 32.3. The molecule has 0 bridgehead atoms. The van der Waals surface area contributed by atoms with Crippen molar-refractivity contribution in [3.05, 3.63) is 0 Å². The fourth-order valence-electron chi connectivity index (χ4n) is 1.81. The summed E-state index contributed by atoms with van der Waals surface area (Å²) in [5.41, 5.74) is -6.01. The number of alkyl halides is 5. The molecule has 0 saturated heterocycles. The summed E-state index contributed by atoms with van der Waals surface area (Å²) in [6.45, 7) is 0. The lowest BCUT2D eigenvalue weighted by Gasteiger charge is -2.27. The molecule has 6 nitrogen and oxygen atoms in total. The number of hydrogen-bond donors (Lipinski definition) is 2. The van der Waals surface area contributed by atoms with Crippen molar-refractivity contribution >= 4 is 20.0 Å². The Bertz CT molecular complexity index is 566. The van der Waals surface area contributed by atoms with E-state index in [1.54, 1.807) is 0 Å². The molecular weight excluding hydrogens is 347 g/mol. The molecule has 0 heterocycles. The summed E-state index contributed by atoms with van der Waals surface area (Å²) in [4.78, 5) is 0. The molecule has 1 aliphatic rings. The summed E-state index contributed by atoms with van der Waals surface area (Å²) >= 11 is 0. The third kappa shape index (κ3) is 4.47. The predicted molar refractivity (Wildman–Crippen MR) is 62.0 cm³/mol. The van der Waals surface area contributed by atoms with Gasteiger partial charge in [0.25, 0.3) is 0 Å². The molecule has 0 aromatic heterocycles. The summed E-state index contributed by atoms with van der Waals surface area (Å²) in [6.07, 6.45) is 2.33. The van der Waals surface area contributed by atoms with E-state index < -0.39 is 37.0 Å². The van der Waals surface area contributed by atoms with E-state index in [2.05, 4.69) is 0 Å². The second kappa shape index (κ2) is 5.93. The average molecular weight is 360 g/mol. The molecule has 1 saturated carbocycles. The first-order valence-electron chi connectivity index (χ1n) is 5.78. The highest BCUT2D eigenvalue weighted by molar-refractivity contribution is 8.05. The van der Waals surface area contributed by atoms with Crippen LogP contribution in [0.5, 0.6) is 0 Å². The van der Waals surface area contributed by atoms with Crippen molar-refractivity contribution in [3.63, 3.8) is 0 Å². The maximum atomic E-state index is 13.5. The molecule has 1 fully saturated rings. The van der Waals surface area contributed by atoms with Gasteiger partial charge in [0.2, 0.25) is 0 Å². The van der Waals surface area contributed by atoms with Gasteiger partial charge < -0.3 is 0 Å². The van der Waals surface area contributed by atoms with E-state index in [9.17, 15) is 38.8 Å². The number of nitrogens with one attached hydrogen (secondary N) is 2. The van der Waals surface area contributed by atoms with Crippen molar-refractivity contribution in [2.24, 2.45) is 0 Å². The summed E-state index contributed by atoms with van der Waals surface area (Å²) in [5, 5.41) is -3.45. The van der Waals surface area contributed by atoms with Gasteiger partial charge in [-0.1, -0.05) is 23.4 Å². The first-order chi connectivity index (χ1) is 9.29. The Morgan fingerprint density at radius 2 is 1.29 bits per heavy atom. The lowest BCUT2D eigenvalue weighted by atomic mass is 9.96. The molecule has 2 N–H and O–H groups in total. The van der Waals surface area contributed by atoms with Crippen LogP contribution in [-0.4, -0.2) is 33.8 Å². The van der Waals surface area contributed by atoms with Crippen molar-refractivity contribution in [2.75, 3.05) is 0 Å². The number of hydrogen-bond acceptors (Lipinski definition) is 5. The van der Waals surface area contributed by atoms with Crippen molar-refractivity contribution < 1.29 is 38.8 Å². The monoisotopic (exact) mass is 360 g/mol. The zero-order valence-electron chi connectivity index (χ0n) is 10.5. The standard InChI is InChI=1S/C8H13F5N2O4S2/c9-7(10,11)20(16,17)15-21(18,19)8(12,13)14-6-4-2-1-3-5-6/h6,14-15H,1-5H2. The fraction of sp³-hybridized carbons (Fsp3) is 1.00. The molecule has 126 valence electrons. The Morgan fingerprint density at radius 1 is 0.810 bits per heavy atom. The zero-order valence-corrected chi connectivity index (χ0v) is 12.1. The van der Waals surface area contributed by atoms with Crippen LogP contribution in [0.3, 0.4) is 0 Å². The molecule has 0 aromatic carbocycles. The van der Waals surface area contributed by atoms with Gasteiger partial charge in [0.1, 0.15) is 0 Å². The van der Waals surface area contributed by atoms with E-state index in [0.717, 1.165) is 6.42 Å². The van der Waals surface area contributed by atoms with Gasteiger partial charge in [0.15, 0.2) is 0 Å². The van der Waals surface area contributed by atoms with Gasteiger partial charge in [-0.3, -0.25) is 0 Å². The first-order valence-corrected chi connectivity index (χ1v) is 8.75.